The van der Waals surface area contributed by atoms with Crippen LogP contribution < -0.4 is 10.1 Å². The molecule has 0 saturated heterocycles. The van der Waals surface area contributed by atoms with Crippen LogP contribution in [0.15, 0.2) is 72.2 Å². The summed E-state index contributed by atoms with van der Waals surface area (Å²) >= 11 is 1.52. The molecule has 0 aliphatic rings. The van der Waals surface area contributed by atoms with Gasteiger partial charge in [-0.3, -0.25) is 4.79 Å². The first-order valence-corrected chi connectivity index (χ1v) is 10.4. The maximum Gasteiger partial charge on any atom is 0.237 e. The number of hydrogen-bond donors (Lipinski definition) is 1. The second-order valence-corrected chi connectivity index (χ2v) is 7.64. The van der Waals surface area contributed by atoms with E-state index in [0.29, 0.717) is 17.0 Å². The Balaban J connectivity index is 1.41. The van der Waals surface area contributed by atoms with Gasteiger partial charge in [-0.1, -0.05) is 30.3 Å². The van der Waals surface area contributed by atoms with Gasteiger partial charge in [-0.15, -0.1) is 11.3 Å². The number of hydrogen-bond acceptors (Lipinski definition) is 6. The summed E-state index contributed by atoms with van der Waals surface area (Å²) in [5, 5.41) is 14.9. The molecule has 7 heteroatoms. The Bertz CT molecular complexity index is 1260. The van der Waals surface area contributed by atoms with Gasteiger partial charge in [0.15, 0.2) is 0 Å². The molecular weight excluding hydrogens is 408 g/mol. The van der Waals surface area contributed by atoms with E-state index in [1.807, 2.05) is 42.6 Å². The van der Waals surface area contributed by atoms with Gasteiger partial charge in [-0.25, -0.2) is 9.97 Å². The number of aryl methyl sites for hydroxylation is 1. The number of benzene rings is 2. The van der Waals surface area contributed by atoms with E-state index in [4.69, 9.17) is 10.00 Å². The standard InChI is InChI=1S/C24H18N4O2S/c1-16-12-20(30-23-18(14-25)8-5-11-26-23)9-10-21(16)28-22(29)13-19-15-31-24(27-19)17-6-3-2-4-7-17/h2-12,15H,13H2,1H3,(H,28,29). The Kier molecular flexibility index (Phi) is 6.01. The Hall–Kier alpha value is -4.02. The number of ether oxygens (including phenoxy) is 1. The van der Waals surface area contributed by atoms with Gasteiger partial charge in [0.1, 0.15) is 22.4 Å². The Labute approximate surface area is 183 Å². The highest BCUT2D eigenvalue weighted by molar-refractivity contribution is 7.13. The van der Waals surface area contributed by atoms with E-state index in [-0.39, 0.29) is 18.2 Å². The van der Waals surface area contributed by atoms with Crippen molar-refractivity contribution in [3.05, 3.63) is 89.1 Å². The molecule has 0 spiro atoms. The van der Waals surface area contributed by atoms with Crippen LogP contribution in [0.3, 0.4) is 0 Å². The fourth-order valence-corrected chi connectivity index (χ4v) is 3.79. The average molecular weight is 427 g/mol. The highest BCUT2D eigenvalue weighted by atomic mass is 32.1. The topological polar surface area (TPSA) is 87.9 Å². The van der Waals surface area contributed by atoms with Crippen LogP contribution in [0, 0.1) is 18.3 Å². The molecule has 0 aliphatic carbocycles. The highest BCUT2D eigenvalue weighted by Crippen LogP contribution is 2.27. The van der Waals surface area contributed by atoms with E-state index < -0.39 is 0 Å². The third-order valence-corrected chi connectivity index (χ3v) is 5.43. The van der Waals surface area contributed by atoms with Crippen molar-refractivity contribution in [2.45, 2.75) is 13.3 Å². The summed E-state index contributed by atoms with van der Waals surface area (Å²) in [6.45, 7) is 1.88. The zero-order chi connectivity index (χ0) is 21.6. The first kappa shape index (κ1) is 20.3. The number of pyridine rings is 1. The number of aromatic nitrogens is 2. The molecule has 0 unspecified atom stereocenters. The van der Waals surface area contributed by atoms with Gasteiger partial charge in [-0.05, 0) is 42.8 Å². The van der Waals surface area contributed by atoms with Gasteiger partial charge in [-0.2, -0.15) is 5.26 Å². The second-order valence-electron chi connectivity index (χ2n) is 6.78. The minimum Gasteiger partial charge on any atom is -0.438 e. The third kappa shape index (κ3) is 4.94. The van der Waals surface area contributed by atoms with Crippen molar-refractivity contribution in [3.8, 4) is 28.3 Å². The first-order valence-electron chi connectivity index (χ1n) is 9.55. The van der Waals surface area contributed by atoms with Crippen LogP contribution in [-0.2, 0) is 11.2 Å². The molecule has 0 saturated carbocycles. The molecule has 4 aromatic rings. The van der Waals surface area contributed by atoms with Crippen molar-refractivity contribution in [1.82, 2.24) is 9.97 Å². The van der Waals surface area contributed by atoms with E-state index in [0.717, 1.165) is 21.8 Å². The lowest BCUT2D eigenvalue weighted by atomic mass is 10.2. The molecule has 0 radical (unpaired) electrons. The smallest absolute Gasteiger partial charge is 0.237 e. The van der Waals surface area contributed by atoms with Crippen LogP contribution in [0.1, 0.15) is 16.8 Å². The van der Waals surface area contributed by atoms with Crippen molar-refractivity contribution in [1.29, 1.82) is 5.26 Å². The predicted octanol–water partition coefficient (Wildman–Crippen LogP) is 5.36. The molecule has 0 fully saturated rings. The first-order chi connectivity index (χ1) is 15.1. The number of carbonyl (C=O) groups excluding carboxylic acids is 1. The fraction of sp³-hybridized carbons (Fsp3) is 0.0833. The quantitative estimate of drug-likeness (QED) is 0.448. The Morgan fingerprint density at radius 3 is 2.77 bits per heavy atom. The largest absolute Gasteiger partial charge is 0.438 e. The van der Waals surface area contributed by atoms with E-state index in [1.165, 1.54) is 11.3 Å². The Morgan fingerprint density at radius 2 is 2.00 bits per heavy atom. The molecule has 1 N–H and O–H groups in total. The fourth-order valence-electron chi connectivity index (χ4n) is 2.97. The van der Waals surface area contributed by atoms with Crippen LogP contribution in [0.5, 0.6) is 11.6 Å². The number of carbonyl (C=O) groups is 1. The molecule has 0 aliphatic heterocycles. The van der Waals surface area contributed by atoms with Gasteiger partial charge in [0.25, 0.3) is 0 Å². The highest BCUT2D eigenvalue weighted by Gasteiger charge is 2.12. The van der Waals surface area contributed by atoms with Gasteiger partial charge in [0.2, 0.25) is 11.8 Å². The van der Waals surface area contributed by atoms with E-state index in [1.54, 1.807) is 36.5 Å². The van der Waals surface area contributed by atoms with Crippen LogP contribution in [-0.4, -0.2) is 15.9 Å². The molecule has 31 heavy (non-hydrogen) atoms. The van der Waals surface area contributed by atoms with Crippen molar-refractivity contribution in [3.63, 3.8) is 0 Å². The minimum atomic E-state index is -0.141. The normalized spacial score (nSPS) is 10.3. The molecule has 2 aromatic carbocycles. The van der Waals surface area contributed by atoms with Gasteiger partial charge < -0.3 is 10.1 Å². The zero-order valence-electron chi connectivity index (χ0n) is 16.7. The average Bonchev–Trinajstić information content (AvgIpc) is 3.25. The summed E-state index contributed by atoms with van der Waals surface area (Å²) in [7, 11) is 0. The molecule has 152 valence electrons. The van der Waals surface area contributed by atoms with Crippen LogP contribution >= 0.6 is 11.3 Å². The monoisotopic (exact) mass is 426 g/mol. The summed E-state index contributed by atoms with van der Waals surface area (Å²) in [5.41, 5.74) is 3.66. The molecule has 4 rings (SSSR count). The van der Waals surface area contributed by atoms with E-state index in [2.05, 4.69) is 21.4 Å². The van der Waals surface area contributed by atoms with E-state index >= 15 is 0 Å². The maximum atomic E-state index is 12.5. The lowest BCUT2D eigenvalue weighted by Gasteiger charge is -2.11. The molecule has 6 nitrogen and oxygen atoms in total. The van der Waals surface area contributed by atoms with Crippen molar-refractivity contribution in [2.24, 2.45) is 0 Å². The number of thiazole rings is 1. The summed E-state index contributed by atoms with van der Waals surface area (Å²) < 4.78 is 5.73. The number of nitrogens with zero attached hydrogens (tertiary/aromatic N) is 3. The number of amides is 1. The lowest BCUT2D eigenvalue weighted by molar-refractivity contribution is -0.115. The minimum absolute atomic E-state index is 0.141. The summed E-state index contributed by atoms with van der Waals surface area (Å²) in [4.78, 5) is 21.2. The summed E-state index contributed by atoms with van der Waals surface area (Å²) in [6, 6.07) is 20.6. The van der Waals surface area contributed by atoms with Crippen LogP contribution in [0.4, 0.5) is 5.69 Å². The molecule has 0 bridgehead atoms. The number of nitrogens with one attached hydrogen (secondary N) is 1. The van der Waals surface area contributed by atoms with Crippen LogP contribution in [0.25, 0.3) is 10.6 Å². The second kappa shape index (κ2) is 9.20. The van der Waals surface area contributed by atoms with Crippen molar-refractivity contribution in [2.75, 3.05) is 5.32 Å². The summed E-state index contributed by atoms with van der Waals surface area (Å²) in [5.74, 6) is 0.648. The third-order valence-electron chi connectivity index (χ3n) is 4.49. The van der Waals surface area contributed by atoms with E-state index in [9.17, 15) is 4.79 Å². The molecule has 1 amide bonds. The summed E-state index contributed by atoms with van der Waals surface area (Å²) in [6.07, 6.45) is 1.76. The molecule has 2 aromatic heterocycles. The SMILES string of the molecule is Cc1cc(Oc2ncccc2C#N)ccc1NC(=O)Cc1csc(-c2ccccc2)n1. The van der Waals surface area contributed by atoms with Gasteiger partial charge in [0.05, 0.1) is 12.1 Å². The number of rotatable bonds is 6. The Morgan fingerprint density at radius 1 is 1.16 bits per heavy atom. The number of anilines is 1. The van der Waals surface area contributed by atoms with Gasteiger partial charge in [0, 0.05) is 22.8 Å². The maximum absolute atomic E-state index is 12.5. The van der Waals surface area contributed by atoms with Crippen molar-refractivity contribution < 1.29 is 9.53 Å². The van der Waals surface area contributed by atoms with Crippen LogP contribution in [0.2, 0.25) is 0 Å². The molecular formula is C24H18N4O2S. The van der Waals surface area contributed by atoms with Crippen molar-refractivity contribution >= 4 is 22.9 Å². The zero-order valence-corrected chi connectivity index (χ0v) is 17.5. The molecule has 2 heterocycles. The van der Waals surface area contributed by atoms with Gasteiger partial charge >= 0.3 is 0 Å². The lowest BCUT2D eigenvalue weighted by Crippen LogP contribution is -2.15. The molecule has 0 atom stereocenters. The number of nitriles is 1. The predicted molar refractivity (Wildman–Crippen MR) is 120 cm³/mol.